The zero-order valence-corrected chi connectivity index (χ0v) is 12.2. The third-order valence-corrected chi connectivity index (χ3v) is 5.27. The van der Waals surface area contributed by atoms with Gasteiger partial charge in [0.25, 0.3) is 0 Å². The summed E-state index contributed by atoms with van der Waals surface area (Å²) in [4.78, 5) is 10.9. The second kappa shape index (κ2) is 5.73. The van der Waals surface area contributed by atoms with Gasteiger partial charge >= 0.3 is 0 Å². The van der Waals surface area contributed by atoms with Crippen molar-refractivity contribution in [2.45, 2.75) is 52.9 Å². The van der Waals surface area contributed by atoms with Crippen molar-refractivity contribution in [3.05, 3.63) is 0 Å². The summed E-state index contributed by atoms with van der Waals surface area (Å²) >= 11 is 0. The van der Waals surface area contributed by atoms with Crippen LogP contribution in [0.25, 0.3) is 0 Å². The lowest BCUT2D eigenvalue weighted by molar-refractivity contribution is -0.112. The number of aldehydes is 1. The van der Waals surface area contributed by atoms with E-state index in [2.05, 4.69) is 26.1 Å². The van der Waals surface area contributed by atoms with Crippen LogP contribution in [-0.2, 0) is 4.79 Å². The molecule has 0 spiro atoms. The Morgan fingerprint density at radius 2 is 1.67 bits per heavy atom. The normalized spacial score (nSPS) is 38.4. The van der Waals surface area contributed by atoms with Gasteiger partial charge in [-0.1, -0.05) is 20.8 Å². The number of carbonyl (C=O) groups is 1. The molecule has 0 aromatic heterocycles. The first-order valence-corrected chi connectivity index (χ1v) is 7.66. The molecule has 0 bridgehead atoms. The molecule has 104 valence electrons. The van der Waals surface area contributed by atoms with Crippen molar-refractivity contribution in [1.29, 1.82) is 0 Å². The topological polar surface area (TPSA) is 29.1 Å². The Morgan fingerprint density at radius 1 is 1.00 bits per heavy atom. The van der Waals surface area contributed by atoms with Gasteiger partial charge in [0.05, 0.1) is 0 Å². The van der Waals surface area contributed by atoms with Gasteiger partial charge in [-0.05, 0) is 61.8 Å². The van der Waals surface area contributed by atoms with E-state index in [1.165, 1.54) is 25.7 Å². The number of nitrogens with one attached hydrogen (secondary N) is 1. The Bertz CT molecular complexity index is 273. The second-order valence-corrected chi connectivity index (χ2v) is 7.53. The van der Waals surface area contributed by atoms with E-state index in [1.807, 2.05) is 0 Å². The predicted molar refractivity (Wildman–Crippen MR) is 75.4 cm³/mol. The molecule has 0 aromatic carbocycles. The van der Waals surface area contributed by atoms with Crippen LogP contribution in [0.15, 0.2) is 0 Å². The van der Waals surface area contributed by atoms with Gasteiger partial charge in [0.2, 0.25) is 0 Å². The highest BCUT2D eigenvalue weighted by Gasteiger charge is 2.34. The van der Waals surface area contributed by atoms with Crippen molar-refractivity contribution < 1.29 is 4.79 Å². The molecule has 2 fully saturated rings. The fourth-order valence-corrected chi connectivity index (χ4v) is 3.93. The van der Waals surface area contributed by atoms with E-state index < -0.39 is 0 Å². The van der Waals surface area contributed by atoms with E-state index in [9.17, 15) is 4.79 Å². The lowest BCUT2D eigenvalue weighted by atomic mass is 9.66. The maximum absolute atomic E-state index is 10.9. The SMILES string of the molecule is CC(C)(C)C1CCC(C2CNCC(C=O)C2)CC1. The van der Waals surface area contributed by atoms with Crippen LogP contribution >= 0.6 is 0 Å². The molecule has 0 radical (unpaired) electrons. The zero-order valence-electron chi connectivity index (χ0n) is 12.2. The van der Waals surface area contributed by atoms with E-state index in [-0.39, 0.29) is 5.92 Å². The summed E-state index contributed by atoms with van der Waals surface area (Å²) < 4.78 is 0. The zero-order chi connectivity index (χ0) is 13.2. The molecule has 2 atom stereocenters. The maximum Gasteiger partial charge on any atom is 0.124 e. The molecule has 0 aromatic rings. The van der Waals surface area contributed by atoms with Crippen molar-refractivity contribution in [2.75, 3.05) is 13.1 Å². The Balaban J connectivity index is 1.84. The molecule has 1 saturated heterocycles. The number of hydrogen-bond donors (Lipinski definition) is 1. The Kier molecular flexibility index (Phi) is 4.47. The third-order valence-electron chi connectivity index (χ3n) is 5.27. The molecule has 0 amide bonds. The van der Waals surface area contributed by atoms with Gasteiger partial charge in [0.1, 0.15) is 6.29 Å². The maximum atomic E-state index is 10.9. The molecule has 2 nitrogen and oxygen atoms in total. The monoisotopic (exact) mass is 251 g/mol. The molecule has 2 aliphatic rings. The number of piperidine rings is 1. The van der Waals surface area contributed by atoms with Crippen molar-refractivity contribution >= 4 is 6.29 Å². The predicted octanol–water partition coefficient (Wildman–Crippen LogP) is 3.26. The fraction of sp³-hybridized carbons (Fsp3) is 0.938. The lowest BCUT2D eigenvalue weighted by Gasteiger charge is -2.41. The van der Waals surface area contributed by atoms with Crippen molar-refractivity contribution in [3.63, 3.8) is 0 Å². The van der Waals surface area contributed by atoms with Gasteiger partial charge < -0.3 is 10.1 Å². The van der Waals surface area contributed by atoms with Gasteiger partial charge in [0, 0.05) is 12.5 Å². The first-order valence-electron chi connectivity index (χ1n) is 7.66. The number of rotatable bonds is 2. The minimum atomic E-state index is 0.268. The molecular weight excluding hydrogens is 222 g/mol. The van der Waals surface area contributed by atoms with Gasteiger partial charge in [-0.2, -0.15) is 0 Å². The van der Waals surface area contributed by atoms with E-state index in [4.69, 9.17) is 0 Å². The lowest BCUT2D eigenvalue weighted by Crippen LogP contribution is -2.41. The number of hydrogen-bond acceptors (Lipinski definition) is 2. The van der Waals surface area contributed by atoms with Crippen molar-refractivity contribution in [1.82, 2.24) is 5.32 Å². The first-order chi connectivity index (χ1) is 8.50. The quantitative estimate of drug-likeness (QED) is 0.763. The molecular formula is C16H29NO. The fourth-order valence-electron chi connectivity index (χ4n) is 3.93. The summed E-state index contributed by atoms with van der Waals surface area (Å²) in [7, 11) is 0. The van der Waals surface area contributed by atoms with Crippen LogP contribution in [-0.4, -0.2) is 19.4 Å². The molecule has 1 saturated carbocycles. The molecule has 1 heterocycles. The van der Waals surface area contributed by atoms with E-state index in [0.717, 1.165) is 43.6 Å². The third kappa shape index (κ3) is 3.34. The average Bonchev–Trinajstić information content (AvgIpc) is 2.38. The van der Waals surface area contributed by atoms with Crippen molar-refractivity contribution in [3.8, 4) is 0 Å². The van der Waals surface area contributed by atoms with E-state index in [0.29, 0.717) is 5.41 Å². The van der Waals surface area contributed by atoms with Crippen LogP contribution in [0.3, 0.4) is 0 Å². The smallest absolute Gasteiger partial charge is 0.124 e. The summed E-state index contributed by atoms with van der Waals surface area (Å²) in [6, 6.07) is 0. The first kappa shape index (κ1) is 14.0. The molecule has 1 aliphatic carbocycles. The minimum Gasteiger partial charge on any atom is -0.316 e. The summed E-state index contributed by atoms with van der Waals surface area (Å²) in [5, 5.41) is 3.44. The molecule has 2 heteroatoms. The Hall–Kier alpha value is -0.370. The average molecular weight is 251 g/mol. The highest BCUT2D eigenvalue weighted by atomic mass is 16.1. The van der Waals surface area contributed by atoms with Crippen LogP contribution in [0.5, 0.6) is 0 Å². The Morgan fingerprint density at radius 3 is 2.22 bits per heavy atom. The Labute approximate surface area is 112 Å². The molecule has 2 rings (SSSR count). The van der Waals surface area contributed by atoms with Crippen molar-refractivity contribution in [2.24, 2.45) is 29.1 Å². The van der Waals surface area contributed by atoms with Crippen LogP contribution in [0.2, 0.25) is 0 Å². The molecule has 1 N–H and O–H groups in total. The highest BCUT2D eigenvalue weighted by Crippen LogP contribution is 2.43. The molecule has 2 unspecified atom stereocenters. The van der Waals surface area contributed by atoms with Crippen LogP contribution in [0.4, 0.5) is 0 Å². The van der Waals surface area contributed by atoms with Gasteiger partial charge in [-0.15, -0.1) is 0 Å². The summed E-state index contributed by atoms with van der Waals surface area (Å²) in [6.07, 6.45) is 7.80. The standard InChI is InChI=1S/C16H29NO/c1-16(2,3)15-6-4-13(5-7-15)14-8-12(11-18)9-17-10-14/h11-15,17H,4-10H2,1-3H3. The minimum absolute atomic E-state index is 0.268. The number of carbonyl (C=O) groups excluding carboxylic acids is 1. The van der Waals surface area contributed by atoms with Gasteiger partial charge in [-0.25, -0.2) is 0 Å². The van der Waals surface area contributed by atoms with E-state index in [1.54, 1.807) is 0 Å². The molecule has 1 aliphatic heterocycles. The largest absolute Gasteiger partial charge is 0.316 e. The second-order valence-electron chi connectivity index (χ2n) is 7.53. The summed E-state index contributed by atoms with van der Waals surface area (Å²) in [5.41, 5.74) is 0.473. The summed E-state index contributed by atoms with van der Waals surface area (Å²) in [5.74, 6) is 2.77. The highest BCUT2D eigenvalue weighted by molar-refractivity contribution is 5.54. The van der Waals surface area contributed by atoms with Gasteiger partial charge in [-0.3, -0.25) is 0 Å². The molecule has 18 heavy (non-hydrogen) atoms. The summed E-state index contributed by atoms with van der Waals surface area (Å²) in [6.45, 7) is 9.17. The van der Waals surface area contributed by atoms with E-state index >= 15 is 0 Å². The van der Waals surface area contributed by atoms with Crippen LogP contribution in [0, 0.1) is 29.1 Å². The van der Waals surface area contributed by atoms with Crippen LogP contribution < -0.4 is 5.32 Å². The van der Waals surface area contributed by atoms with Gasteiger partial charge in [0.15, 0.2) is 0 Å². The van der Waals surface area contributed by atoms with Crippen LogP contribution in [0.1, 0.15) is 52.9 Å².